The maximum atomic E-state index is 5.56. The Morgan fingerprint density at radius 2 is 1.83 bits per heavy atom. The van der Waals surface area contributed by atoms with Crippen LogP contribution >= 0.6 is 0 Å². The van der Waals surface area contributed by atoms with Crippen LogP contribution in [-0.4, -0.2) is 10.1 Å². The molecule has 0 atom stereocenters. The molecule has 0 aliphatic carbocycles. The number of nitrogens with two attached hydrogens (primary N) is 1. The summed E-state index contributed by atoms with van der Waals surface area (Å²) in [6.07, 6.45) is 0.779. The van der Waals surface area contributed by atoms with E-state index in [0.717, 1.165) is 17.5 Å². The molecule has 0 amide bonds. The lowest BCUT2D eigenvalue weighted by atomic mass is 9.92. The Kier molecular flexibility index (Phi) is 3.48. The van der Waals surface area contributed by atoms with Crippen molar-refractivity contribution >= 4 is 0 Å². The number of aromatic nitrogens is 2. The Morgan fingerprint density at radius 3 is 2.39 bits per heavy atom. The van der Waals surface area contributed by atoms with Crippen LogP contribution in [0.2, 0.25) is 0 Å². The van der Waals surface area contributed by atoms with Gasteiger partial charge in [-0.3, -0.25) is 0 Å². The first kappa shape index (κ1) is 12.8. The number of nitrogens with zero attached hydrogens (tertiary/aromatic N) is 2. The molecule has 18 heavy (non-hydrogen) atoms. The standard InChI is InChI=1S/C14H19N3O/c1-14(2,3)8-12-16-13(17-18-12)11-6-4-10(9-15)5-7-11/h4-7H,8-9,15H2,1-3H3. The quantitative estimate of drug-likeness (QED) is 0.903. The number of rotatable bonds is 3. The van der Waals surface area contributed by atoms with Gasteiger partial charge in [0, 0.05) is 18.5 Å². The Bertz CT molecular complexity index is 509. The Hall–Kier alpha value is -1.68. The number of hydrogen-bond acceptors (Lipinski definition) is 4. The number of benzene rings is 1. The molecule has 0 saturated heterocycles. The summed E-state index contributed by atoms with van der Waals surface area (Å²) in [5.41, 5.74) is 7.76. The van der Waals surface area contributed by atoms with E-state index in [2.05, 4.69) is 30.9 Å². The largest absolute Gasteiger partial charge is 0.339 e. The van der Waals surface area contributed by atoms with E-state index in [4.69, 9.17) is 10.3 Å². The molecule has 2 N–H and O–H groups in total. The molecule has 0 unspecified atom stereocenters. The zero-order valence-electron chi connectivity index (χ0n) is 11.1. The third-order valence-corrected chi connectivity index (χ3v) is 2.60. The molecule has 1 aromatic carbocycles. The first-order valence-corrected chi connectivity index (χ1v) is 6.10. The topological polar surface area (TPSA) is 64.9 Å². The summed E-state index contributed by atoms with van der Waals surface area (Å²) in [5, 5.41) is 4.01. The van der Waals surface area contributed by atoms with E-state index in [-0.39, 0.29) is 5.41 Å². The Morgan fingerprint density at radius 1 is 1.17 bits per heavy atom. The van der Waals surface area contributed by atoms with Crippen LogP contribution in [0, 0.1) is 5.41 Å². The van der Waals surface area contributed by atoms with Crippen LogP contribution in [0.1, 0.15) is 32.2 Å². The summed E-state index contributed by atoms with van der Waals surface area (Å²) in [5.74, 6) is 1.32. The summed E-state index contributed by atoms with van der Waals surface area (Å²) >= 11 is 0. The normalized spacial score (nSPS) is 11.8. The lowest BCUT2D eigenvalue weighted by Gasteiger charge is -2.13. The molecular weight excluding hydrogens is 226 g/mol. The maximum Gasteiger partial charge on any atom is 0.227 e. The van der Waals surface area contributed by atoms with Gasteiger partial charge in [0.15, 0.2) is 0 Å². The summed E-state index contributed by atoms with van der Waals surface area (Å²) in [6.45, 7) is 6.98. The first-order chi connectivity index (χ1) is 8.48. The van der Waals surface area contributed by atoms with Gasteiger partial charge in [0.1, 0.15) is 0 Å². The zero-order chi connectivity index (χ0) is 13.2. The molecule has 0 fully saturated rings. The molecule has 1 aromatic heterocycles. The van der Waals surface area contributed by atoms with Crippen molar-refractivity contribution in [2.45, 2.75) is 33.7 Å². The van der Waals surface area contributed by atoms with Gasteiger partial charge in [0.2, 0.25) is 11.7 Å². The van der Waals surface area contributed by atoms with Gasteiger partial charge < -0.3 is 10.3 Å². The van der Waals surface area contributed by atoms with Crippen molar-refractivity contribution in [3.63, 3.8) is 0 Å². The van der Waals surface area contributed by atoms with Gasteiger partial charge in [0.25, 0.3) is 0 Å². The van der Waals surface area contributed by atoms with E-state index >= 15 is 0 Å². The van der Waals surface area contributed by atoms with Crippen molar-refractivity contribution in [3.05, 3.63) is 35.7 Å². The van der Waals surface area contributed by atoms with Gasteiger partial charge >= 0.3 is 0 Å². The van der Waals surface area contributed by atoms with Gasteiger partial charge in [-0.2, -0.15) is 4.98 Å². The Balaban J connectivity index is 2.18. The van der Waals surface area contributed by atoms with Crippen molar-refractivity contribution in [1.82, 2.24) is 10.1 Å². The maximum absolute atomic E-state index is 5.56. The molecule has 4 heteroatoms. The third kappa shape index (κ3) is 3.17. The average molecular weight is 245 g/mol. The molecule has 0 radical (unpaired) electrons. The average Bonchev–Trinajstić information content (AvgIpc) is 2.75. The van der Waals surface area contributed by atoms with E-state index in [1.807, 2.05) is 24.3 Å². The number of hydrogen-bond donors (Lipinski definition) is 1. The predicted octanol–water partition coefficient (Wildman–Crippen LogP) is 2.78. The monoisotopic (exact) mass is 245 g/mol. The fourth-order valence-electron chi connectivity index (χ4n) is 1.69. The molecule has 2 aromatic rings. The molecule has 0 saturated carbocycles. The van der Waals surface area contributed by atoms with Gasteiger partial charge in [-0.25, -0.2) is 0 Å². The van der Waals surface area contributed by atoms with E-state index in [0.29, 0.717) is 18.3 Å². The van der Waals surface area contributed by atoms with Crippen LogP contribution in [0.4, 0.5) is 0 Å². The minimum Gasteiger partial charge on any atom is -0.339 e. The van der Waals surface area contributed by atoms with E-state index in [1.54, 1.807) is 0 Å². The van der Waals surface area contributed by atoms with Crippen molar-refractivity contribution in [2.75, 3.05) is 0 Å². The lowest BCUT2D eigenvalue weighted by Crippen LogP contribution is -2.09. The van der Waals surface area contributed by atoms with Crippen molar-refractivity contribution in [2.24, 2.45) is 11.1 Å². The van der Waals surface area contributed by atoms with Gasteiger partial charge in [-0.1, -0.05) is 50.2 Å². The zero-order valence-corrected chi connectivity index (χ0v) is 11.1. The Labute approximate surface area is 107 Å². The molecule has 1 heterocycles. The van der Waals surface area contributed by atoms with Crippen LogP contribution in [0.5, 0.6) is 0 Å². The molecular formula is C14H19N3O. The molecule has 4 nitrogen and oxygen atoms in total. The van der Waals surface area contributed by atoms with Gasteiger partial charge in [-0.05, 0) is 11.0 Å². The van der Waals surface area contributed by atoms with E-state index < -0.39 is 0 Å². The highest BCUT2D eigenvalue weighted by Gasteiger charge is 2.17. The van der Waals surface area contributed by atoms with Gasteiger partial charge in [0.05, 0.1) is 0 Å². The highest BCUT2D eigenvalue weighted by atomic mass is 16.5. The first-order valence-electron chi connectivity index (χ1n) is 6.10. The molecule has 96 valence electrons. The fourth-order valence-corrected chi connectivity index (χ4v) is 1.69. The predicted molar refractivity (Wildman–Crippen MR) is 70.8 cm³/mol. The van der Waals surface area contributed by atoms with Crippen LogP contribution in [0.25, 0.3) is 11.4 Å². The minimum atomic E-state index is 0.146. The molecule has 2 rings (SSSR count). The van der Waals surface area contributed by atoms with Crippen LogP contribution < -0.4 is 5.73 Å². The fraction of sp³-hybridized carbons (Fsp3) is 0.429. The van der Waals surface area contributed by atoms with Crippen molar-refractivity contribution in [3.8, 4) is 11.4 Å². The highest BCUT2D eigenvalue weighted by molar-refractivity contribution is 5.54. The second-order valence-corrected chi connectivity index (χ2v) is 5.65. The molecule has 0 aliphatic rings. The second kappa shape index (κ2) is 4.90. The molecule has 0 aliphatic heterocycles. The smallest absolute Gasteiger partial charge is 0.227 e. The minimum absolute atomic E-state index is 0.146. The van der Waals surface area contributed by atoms with E-state index in [1.165, 1.54) is 0 Å². The van der Waals surface area contributed by atoms with Crippen LogP contribution in [-0.2, 0) is 13.0 Å². The summed E-state index contributed by atoms with van der Waals surface area (Å²) in [6, 6.07) is 7.89. The summed E-state index contributed by atoms with van der Waals surface area (Å²) in [7, 11) is 0. The third-order valence-electron chi connectivity index (χ3n) is 2.60. The summed E-state index contributed by atoms with van der Waals surface area (Å²) < 4.78 is 5.27. The molecule has 0 bridgehead atoms. The second-order valence-electron chi connectivity index (χ2n) is 5.65. The van der Waals surface area contributed by atoms with Crippen LogP contribution in [0.15, 0.2) is 28.8 Å². The van der Waals surface area contributed by atoms with Crippen molar-refractivity contribution < 1.29 is 4.52 Å². The van der Waals surface area contributed by atoms with Crippen molar-refractivity contribution in [1.29, 1.82) is 0 Å². The van der Waals surface area contributed by atoms with Gasteiger partial charge in [-0.15, -0.1) is 0 Å². The summed E-state index contributed by atoms with van der Waals surface area (Å²) in [4.78, 5) is 4.41. The SMILES string of the molecule is CC(C)(C)Cc1nc(-c2ccc(CN)cc2)no1. The highest BCUT2D eigenvalue weighted by Crippen LogP contribution is 2.22. The van der Waals surface area contributed by atoms with Crippen LogP contribution in [0.3, 0.4) is 0 Å². The van der Waals surface area contributed by atoms with E-state index in [9.17, 15) is 0 Å². The lowest BCUT2D eigenvalue weighted by molar-refractivity contribution is 0.314. The molecule has 0 spiro atoms.